The SMILES string of the molecule is Cc1nccn1Cc1ccc(NC(=O)CN2C(=O)NC3(CCc4ccccc43)C2=O)cc1. The Labute approximate surface area is 185 Å². The number of hydrogen-bond donors (Lipinski definition) is 2. The predicted octanol–water partition coefficient (Wildman–Crippen LogP) is 2.57. The summed E-state index contributed by atoms with van der Waals surface area (Å²) in [6, 6.07) is 14.5. The molecule has 162 valence electrons. The van der Waals surface area contributed by atoms with Gasteiger partial charge in [0.15, 0.2) is 0 Å². The molecular formula is C24H23N5O3. The van der Waals surface area contributed by atoms with Crippen molar-refractivity contribution in [3.05, 3.63) is 83.4 Å². The number of imide groups is 1. The molecule has 1 aromatic heterocycles. The van der Waals surface area contributed by atoms with Crippen molar-refractivity contribution < 1.29 is 14.4 Å². The molecule has 32 heavy (non-hydrogen) atoms. The van der Waals surface area contributed by atoms with Crippen LogP contribution >= 0.6 is 0 Å². The van der Waals surface area contributed by atoms with Crippen molar-refractivity contribution in [3.63, 3.8) is 0 Å². The number of fused-ring (bicyclic) bond motifs is 2. The second-order valence-corrected chi connectivity index (χ2v) is 8.23. The predicted molar refractivity (Wildman–Crippen MR) is 118 cm³/mol. The summed E-state index contributed by atoms with van der Waals surface area (Å²) in [4.78, 5) is 43.6. The number of imidazole rings is 1. The van der Waals surface area contributed by atoms with Crippen molar-refractivity contribution in [2.75, 3.05) is 11.9 Å². The van der Waals surface area contributed by atoms with E-state index >= 15 is 0 Å². The van der Waals surface area contributed by atoms with Gasteiger partial charge >= 0.3 is 6.03 Å². The number of amides is 4. The van der Waals surface area contributed by atoms with E-state index in [0.29, 0.717) is 25.1 Å². The van der Waals surface area contributed by atoms with Gasteiger partial charge in [0.05, 0.1) is 0 Å². The first-order chi connectivity index (χ1) is 15.5. The lowest BCUT2D eigenvalue weighted by atomic mass is 9.92. The maximum atomic E-state index is 13.2. The van der Waals surface area contributed by atoms with E-state index in [2.05, 4.69) is 15.6 Å². The van der Waals surface area contributed by atoms with Gasteiger partial charge in [-0.2, -0.15) is 0 Å². The van der Waals surface area contributed by atoms with Crippen molar-refractivity contribution >= 4 is 23.5 Å². The van der Waals surface area contributed by atoms with Crippen molar-refractivity contribution in [2.45, 2.75) is 31.8 Å². The second kappa shape index (κ2) is 7.64. The molecule has 4 amide bonds. The maximum Gasteiger partial charge on any atom is 0.325 e. The zero-order valence-electron chi connectivity index (χ0n) is 17.7. The Morgan fingerprint density at radius 2 is 1.94 bits per heavy atom. The van der Waals surface area contributed by atoms with E-state index in [9.17, 15) is 14.4 Å². The number of anilines is 1. The van der Waals surface area contributed by atoms with Crippen LogP contribution in [-0.4, -0.2) is 38.8 Å². The second-order valence-electron chi connectivity index (χ2n) is 8.23. The molecule has 2 aromatic carbocycles. The van der Waals surface area contributed by atoms with Crippen LogP contribution < -0.4 is 10.6 Å². The topological polar surface area (TPSA) is 96.3 Å². The zero-order valence-corrected chi connectivity index (χ0v) is 17.7. The number of nitrogens with one attached hydrogen (secondary N) is 2. The molecule has 1 saturated heterocycles. The molecule has 1 aliphatic heterocycles. The highest BCUT2D eigenvalue weighted by atomic mass is 16.2. The van der Waals surface area contributed by atoms with Crippen molar-refractivity contribution in [2.24, 2.45) is 0 Å². The molecule has 1 spiro atoms. The molecule has 2 N–H and O–H groups in total. The van der Waals surface area contributed by atoms with Crippen molar-refractivity contribution in [1.82, 2.24) is 19.8 Å². The highest BCUT2D eigenvalue weighted by molar-refractivity contribution is 6.10. The molecular weight excluding hydrogens is 406 g/mol. The number of aromatic nitrogens is 2. The molecule has 3 aromatic rings. The highest BCUT2D eigenvalue weighted by Gasteiger charge is 2.55. The number of hydrogen-bond acceptors (Lipinski definition) is 4. The van der Waals surface area contributed by atoms with E-state index in [1.165, 1.54) is 0 Å². The molecule has 5 rings (SSSR count). The third-order valence-electron chi connectivity index (χ3n) is 6.24. The van der Waals surface area contributed by atoms with E-state index in [1.807, 2.05) is 54.1 Å². The van der Waals surface area contributed by atoms with Crippen LogP contribution in [0.15, 0.2) is 60.9 Å². The minimum atomic E-state index is -1.05. The molecule has 1 unspecified atom stereocenters. The molecule has 1 aliphatic carbocycles. The van der Waals surface area contributed by atoms with Gasteiger partial charge in [-0.25, -0.2) is 9.78 Å². The van der Waals surface area contributed by atoms with Crippen LogP contribution in [0, 0.1) is 6.92 Å². The van der Waals surface area contributed by atoms with Gasteiger partial charge in [0.2, 0.25) is 5.91 Å². The van der Waals surface area contributed by atoms with Crippen LogP contribution in [0.3, 0.4) is 0 Å². The smallest absolute Gasteiger partial charge is 0.325 e. The number of aryl methyl sites for hydroxylation is 2. The fourth-order valence-corrected chi connectivity index (χ4v) is 4.54. The summed E-state index contributed by atoms with van der Waals surface area (Å²) in [5.74, 6) is 0.141. The van der Waals surface area contributed by atoms with Gasteiger partial charge in [0.1, 0.15) is 17.9 Å². The van der Waals surface area contributed by atoms with Crippen LogP contribution in [0.5, 0.6) is 0 Å². The average molecular weight is 429 g/mol. The van der Waals surface area contributed by atoms with E-state index in [-0.39, 0.29) is 12.5 Å². The quantitative estimate of drug-likeness (QED) is 0.610. The fraction of sp³-hybridized carbons (Fsp3) is 0.250. The maximum absolute atomic E-state index is 13.2. The number of carbonyl (C=O) groups excluding carboxylic acids is 3. The highest BCUT2D eigenvalue weighted by Crippen LogP contribution is 2.41. The average Bonchev–Trinajstić information content (AvgIpc) is 3.43. The van der Waals surface area contributed by atoms with Crippen LogP contribution in [0.2, 0.25) is 0 Å². The Bertz CT molecular complexity index is 1220. The lowest BCUT2D eigenvalue weighted by molar-refractivity contribution is -0.134. The first-order valence-corrected chi connectivity index (χ1v) is 10.6. The largest absolute Gasteiger partial charge is 0.331 e. The minimum absolute atomic E-state index is 0.329. The summed E-state index contributed by atoms with van der Waals surface area (Å²) in [5.41, 5.74) is 2.50. The third-order valence-corrected chi connectivity index (χ3v) is 6.24. The zero-order chi connectivity index (χ0) is 22.3. The Kier molecular flexibility index (Phi) is 4.77. The number of benzene rings is 2. The third kappa shape index (κ3) is 3.33. The van der Waals surface area contributed by atoms with Gasteiger partial charge in [-0.1, -0.05) is 36.4 Å². The Morgan fingerprint density at radius 1 is 1.16 bits per heavy atom. The first kappa shape index (κ1) is 20.0. The van der Waals surface area contributed by atoms with Gasteiger partial charge in [0, 0.05) is 24.6 Å². The van der Waals surface area contributed by atoms with Crippen LogP contribution in [-0.2, 0) is 28.1 Å². The Balaban J connectivity index is 1.24. The number of carbonyl (C=O) groups is 3. The summed E-state index contributed by atoms with van der Waals surface area (Å²) < 4.78 is 2.03. The van der Waals surface area contributed by atoms with Crippen LogP contribution in [0.25, 0.3) is 0 Å². The first-order valence-electron chi connectivity index (χ1n) is 10.6. The van der Waals surface area contributed by atoms with Gasteiger partial charge in [0.25, 0.3) is 5.91 Å². The van der Waals surface area contributed by atoms with E-state index in [1.54, 1.807) is 18.3 Å². The van der Waals surface area contributed by atoms with E-state index in [0.717, 1.165) is 27.4 Å². The summed E-state index contributed by atoms with van der Waals surface area (Å²) in [7, 11) is 0. The van der Waals surface area contributed by atoms with Gasteiger partial charge in [-0.3, -0.25) is 14.5 Å². The molecule has 0 radical (unpaired) electrons. The number of nitrogens with zero attached hydrogens (tertiary/aromatic N) is 3. The number of rotatable bonds is 5. The summed E-state index contributed by atoms with van der Waals surface area (Å²) in [6.07, 6.45) is 4.90. The summed E-state index contributed by atoms with van der Waals surface area (Å²) in [5, 5.41) is 5.61. The van der Waals surface area contributed by atoms with Crippen molar-refractivity contribution in [3.8, 4) is 0 Å². The van der Waals surface area contributed by atoms with Gasteiger partial charge < -0.3 is 15.2 Å². The van der Waals surface area contributed by atoms with Crippen LogP contribution in [0.1, 0.15) is 28.9 Å². The molecule has 0 saturated carbocycles. The number of urea groups is 1. The summed E-state index contributed by atoms with van der Waals surface area (Å²) in [6.45, 7) is 2.30. The molecule has 1 atom stereocenters. The molecule has 0 bridgehead atoms. The standard InChI is InChI=1S/C24H23N5O3/c1-16-25-12-13-28(16)14-17-6-8-19(9-7-17)26-21(30)15-29-22(31)24(27-23(29)32)11-10-18-4-2-3-5-20(18)24/h2-9,12-13H,10-11,14-15H2,1H3,(H,26,30)(H,27,32). The lowest BCUT2D eigenvalue weighted by Gasteiger charge is -2.22. The van der Waals surface area contributed by atoms with Crippen molar-refractivity contribution in [1.29, 1.82) is 0 Å². The minimum Gasteiger partial charge on any atom is -0.331 e. The molecule has 2 heterocycles. The fourth-order valence-electron chi connectivity index (χ4n) is 4.54. The van der Waals surface area contributed by atoms with Crippen LogP contribution in [0.4, 0.5) is 10.5 Å². The monoisotopic (exact) mass is 429 g/mol. The molecule has 2 aliphatic rings. The summed E-state index contributed by atoms with van der Waals surface area (Å²) >= 11 is 0. The van der Waals surface area contributed by atoms with Gasteiger partial charge in [-0.15, -0.1) is 0 Å². The van der Waals surface area contributed by atoms with Gasteiger partial charge in [-0.05, 0) is 48.6 Å². The normalized spacial score (nSPS) is 19.3. The molecule has 8 nitrogen and oxygen atoms in total. The molecule has 1 fully saturated rings. The Hall–Kier alpha value is -3.94. The van der Waals surface area contributed by atoms with E-state index < -0.39 is 17.5 Å². The Morgan fingerprint density at radius 3 is 2.69 bits per heavy atom. The lowest BCUT2D eigenvalue weighted by Crippen LogP contribution is -2.42. The molecule has 8 heteroatoms. The van der Waals surface area contributed by atoms with E-state index in [4.69, 9.17) is 0 Å².